The number of nitrogens with one attached hydrogen (secondary N) is 2. The number of H-pyrrole nitrogens is 1. The highest BCUT2D eigenvalue weighted by atomic mass is 15.2. The molecular formula is C14H16N3+. The highest BCUT2D eigenvalue weighted by molar-refractivity contribution is 5.83. The van der Waals surface area contributed by atoms with Gasteiger partial charge >= 0.3 is 0 Å². The summed E-state index contributed by atoms with van der Waals surface area (Å²) >= 11 is 0. The first kappa shape index (κ1) is 10.4. The quantitative estimate of drug-likeness (QED) is 0.799. The number of hydrogen-bond donors (Lipinski definition) is 2. The summed E-state index contributed by atoms with van der Waals surface area (Å²) in [6, 6.07) is 10.7. The second-order valence-electron chi connectivity index (χ2n) is 4.72. The van der Waals surface area contributed by atoms with Gasteiger partial charge in [0.05, 0.1) is 13.1 Å². The van der Waals surface area contributed by atoms with Crippen LogP contribution in [0.4, 0.5) is 0 Å². The topological polar surface area (TPSA) is 44.0 Å². The molecule has 0 aliphatic carbocycles. The molecule has 0 bridgehead atoms. The number of likely N-dealkylation sites (tertiary alicyclic amines) is 1. The number of fused-ring (bicyclic) bond motifs is 1. The molecule has 2 N–H and O–H groups in total. The van der Waals surface area contributed by atoms with Gasteiger partial charge in [0.2, 0.25) is 6.04 Å². The number of nitriles is 1. The molecule has 0 saturated carbocycles. The van der Waals surface area contributed by atoms with E-state index in [2.05, 4.69) is 23.2 Å². The lowest BCUT2D eigenvalue weighted by molar-refractivity contribution is -0.911. The van der Waals surface area contributed by atoms with Crippen molar-refractivity contribution in [2.24, 2.45) is 0 Å². The highest BCUT2D eigenvalue weighted by Gasteiger charge is 2.28. The Kier molecular flexibility index (Phi) is 2.58. The molecule has 1 aromatic heterocycles. The van der Waals surface area contributed by atoms with Crippen LogP contribution in [0, 0.1) is 11.3 Å². The van der Waals surface area contributed by atoms with Crippen LogP contribution < -0.4 is 4.90 Å². The average Bonchev–Trinajstić information content (AvgIpc) is 3.01. The summed E-state index contributed by atoms with van der Waals surface area (Å²) in [7, 11) is 0. The van der Waals surface area contributed by atoms with Gasteiger partial charge in [-0.1, -0.05) is 18.2 Å². The fraction of sp³-hybridized carbons (Fsp3) is 0.357. The van der Waals surface area contributed by atoms with Crippen LogP contribution in [0.25, 0.3) is 10.9 Å². The Morgan fingerprint density at radius 2 is 2.00 bits per heavy atom. The third-order valence-corrected chi connectivity index (χ3v) is 3.72. The zero-order valence-corrected chi connectivity index (χ0v) is 9.74. The smallest absolute Gasteiger partial charge is 0.202 e. The molecule has 0 amide bonds. The third kappa shape index (κ3) is 1.71. The molecule has 0 radical (unpaired) electrons. The fourth-order valence-electron chi connectivity index (χ4n) is 2.83. The molecule has 3 rings (SSSR count). The lowest BCUT2D eigenvalue weighted by atomic mass is 10.1. The minimum Gasteiger partial charge on any atom is -0.361 e. The Balaban J connectivity index is 2.04. The van der Waals surface area contributed by atoms with Crippen molar-refractivity contribution in [2.75, 3.05) is 13.1 Å². The van der Waals surface area contributed by atoms with Gasteiger partial charge in [-0.05, 0) is 6.07 Å². The van der Waals surface area contributed by atoms with E-state index in [-0.39, 0.29) is 6.04 Å². The number of hydrogen-bond acceptors (Lipinski definition) is 1. The molecule has 2 heterocycles. The first-order chi connectivity index (χ1) is 8.40. The molecule has 1 saturated heterocycles. The lowest BCUT2D eigenvalue weighted by Gasteiger charge is -2.17. The number of nitrogens with zero attached hydrogens (tertiary/aromatic N) is 1. The molecule has 0 unspecified atom stereocenters. The maximum absolute atomic E-state index is 9.43. The summed E-state index contributed by atoms with van der Waals surface area (Å²) in [6.07, 6.45) is 4.50. The van der Waals surface area contributed by atoms with Crippen molar-refractivity contribution >= 4 is 10.9 Å². The van der Waals surface area contributed by atoms with Crippen LogP contribution in [0.3, 0.4) is 0 Å². The number of quaternary nitrogens is 1. The molecular weight excluding hydrogens is 210 g/mol. The second-order valence-corrected chi connectivity index (χ2v) is 4.72. The minimum atomic E-state index is -0.0198. The van der Waals surface area contributed by atoms with Gasteiger partial charge in [-0.25, -0.2) is 0 Å². The summed E-state index contributed by atoms with van der Waals surface area (Å²) in [5, 5.41) is 10.6. The van der Waals surface area contributed by atoms with E-state index in [0.717, 1.165) is 24.2 Å². The maximum Gasteiger partial charge on any atom is 0.202 e. The molecule has 1 fully saturated rings. The van der Waals surface area contributed by atoms with E-state index in [1.54, 1.807) is 0 Å². The van der Waals surface area contributed by atoms with Crippen molar-refractivity contribution < 1.29 is 4.90 Å². The summed E-state index contributed by atoms with van der Waals surface area (Å²) in [4.78, 5) is 4.68. The Bertz CT molecular complexity index is 558. The van der Waals surface area contributed by atoms with Gasteiger partial charge in [0, 0.05) is 35.5 Å². The number of rotatable bonds is 2. The van der Waals surface area contributed by atoms with Crippen LogP contribution in [0.1, 0.15) is 24.4 Å². The minimum absolute atomic E-state index is 0.0198. The molecule has 1 aliphatic rings. The molecule has 17 heavy (non-hydrogen) atoms. The van der Waals surface area contributed by atoms with Crippen LogP contribution in [-0.4, -0.2) is 18.1 Å². The van der Waals surface area contributed by atoms with Gasteiger partial charge in [-0.15, -0.1) is 0 Å². The van der Waals surface area contributed by atoms with E-state index in [1.165, 1.54) is 23.1 Å². The monoisotopic (exact) mass is 226 g/mol. The van der Waals surface area contributed by atoms with E-state index >= 15 is 0 Å². The van der Waals surface area contributed by atoms with Crippen LogP contribution in [0.2, 0.25) is 0 Å². The predicted molar refractivity (Wildman–Crippen MR) is 66.6 cm³/mol. The zero-order valence-electron chi connectivity index (χ0n) is 9.74. The number of aromatic amines is 1. The molecule has 86 valence electrons. The predicted octanol–water partition coefficient (Wildman–Crippen LogP) is 1.41. The van der Waals surface area contributed by atoms with Crippen LogP contribution in [0.5, 0.6) is 0 Å². The summed E-state index contributed by atoms with van der Waals surface area (Å²) in [5.74, 6) is 0. The van der Waals surface area contributed by atoms with Gasteiger partial charge in [-0.3, -0.25) is 0 Å². The Hall–Kier alpha value is -1.79. The Morgan fingerprint density at radius 3 is 2.76 bits per heavy atom. The van der Waals surface area contributed by atoms with Crippen molar-refractivity contribution in [1.82, 2.24) is 4.98 Å². The van der Waals surface area contributed by atoms with Gasteiger partial charge in [-0.2, -0.15) is 5.26 Å². The van der Waals surface area contributed by atoms with Crippen molar-refractivity contribution in [3.05, 3.63) is 36.0 Å². The standard InChI is InChI=1S/C14H15N3/c15-9-14(17-7-3-4-8-17)12-10-16-13-6-2-1-5-11(12)13/h1-2,5-6,10,14,16H,3-4,7-8H2/p+1/t14-/m1/s1. The van der Waals surface area contributed by atoms with E-state index in [9.17, 15) is 5.26 Å². The SMILES string of the molecule is N#C[C@H](c1c[nH]c2ccccc12)[NH+]1CCCC1. The molecule has 3 nitrogen and oxygen atoms in total. The van der Waals surface area contributed by atoms with E-state index in [1.807, 2.05) is 18.3 Å². The third-order valence-electron chi connectivity index (χ3n) is 3.72. The van der Waals surface area contributed by atoms with Gasteiger partial charge < -0.3 is 9.88 Å². The van der Waals surface area contributed by atoms with Crippen molar-refractivity contribution in [3.63, 3.8) is 0 Å². The molecule has 2 aromatic rings. The van der Waals surface area contributed by atoms with Gasteiger partial charge in [0.15, 0.2) is 0 Å². The molecule has 1 aromatic carbocycles. The van der Waals surface area contributed by atoms with Crippen molar-refractivity contribution in [3.8, 4) is 6.07 Å². The summed E-state index contributed by atoms with van der Waals surface area (Å²) in [6.45, 7) is 2.25. The van der Waals surface area contributed by atoms with Crippen LogP contribution in [0.15, 0.2) is 30.5 Å². The van der Waals surface area contributed by atoms with Crippen molar-refractivity contribution in [1.29, 1.82) is 5.26 Å². The molecule has 1 aliphatic heterocycles. The van der Waals surface area contributed by atoms with E-state index < -0.39 is 0 Å². The first-order valence-electron chi connectivity index (χ1n) is 6.20. The molecule has 1 atom stereocenters. The Labute approximate surface area is 101 Å². The second kappa shape index (κ2) is 4.23. The number of benzene rings is 1. The van der Waals surface area contributed by atoms with Crippen LogP contribution >= 0.6 is 0 Å². The highest BCUT2D eigenvalue weighted by Crippen LogP contribution is 2.22. The summed E-state index contributed by atoms with van der Waals surface area (Å²) in [5.41, 5.74) is 2.28. The molecule has 3 heteroatoms. The average molecular weight is 226 g/mol. The van der Waals surface area contributed by atoms with Crippen LogP contribution in [-0.2, 0) is 0 Å². The van der Waals surface area contributed by atoms with E-state index in [0.29, 0.717) is 0 Å². The molecule has 0 spiro atoms. The number of para-hydroxylation sites is 1. The van der Waals surface area contributed by atoms with E-state index in [4.69, 9.17) is 0 Å². The maximum atomic E-state index is 9.43. The lowest BCUT2D eigenvalue weighted by Crippen LogP contribution is -3.10. The van der Waals surface area contributed by atoms with Gasteiger partial charge in [0.1, 0.15) is 6.07 Å². The van der Waals surface area contributed by atoms with Crippen molar-refractivity contribution in [2.45, 2.75) is 18.9 Å². The largest absolute Gasteiger partial charge is 0.361 e. The Morgan fingerprint density at radius 1 is 1.24 bits per heavy atom. The van der Waals surface area contributed by atoms with Gasteiger partial charge in [0.25, 0.3) is 0 Å². The fourth-order valence-corrected chi connectivity index (χ4v) is 2.83. The first-order valence-corrected chi connectivity index (χ1v) is 6.20. The normalized spacial score (nSPS) is 18.3. The zero-order chi connectivity index (χ0) is 11.7. The number of aromatic nitrogens is 1. The summed E-state index contributed by atoms with van der Waals surface area (Å²) < 4.78 is 0.